The van der Waals surface area contributed by atoms with Crippen LogP contribution in [0.25, 0.3) is 33.1 Å². The number of aromatic nitrogens is 2. The van der Waals surface area contributed by atoms with Gasteiger partial charge in [-0.2, -0.15) is 0 Å². The highest BCUT2D eigenvalue weighted by molar-refractivity contribution is 6.08. The summed E-state index contributed by atoms with van der Waals surface area (Å²) < 4.78 is 0. The molecule has 2 heterocycles. The normalized spacial score (nSPS) is 11.3. The highest BCUT2D eigenvalue weighted by atomic mass is 14.7. The van der Waals surface area contributed by atoms with E-state index in [-0.39, 0.29) is 0 Å². The van der Waals surface area contributed by atoms with Crippen molar-refractivity contribution in [3.63, 3.8) is 0 Å². The summed E-state index contributed by atoms with van der Waals surface area (Å²) in [5, 5.41) is 2.35. The van der Waals surface area contributed by atoms with Gasteiger partial charge < -0.3 is 0 Å². The van der Waals surface area contributed by atoms with E-state index in [9.17, 15) is 0 Å². The van der Waals surface area contributed by atoms with E-state index < -0.39 is 0 Å². The molecule has 0 saturated heterocycles. The minimum Gasteiger partial charge on any atom is -0.256 e. The molecule has 0 fully saturated rings. The Labute approximate surface area is 104 Å². The first-order valence-corrected chi connectivity index (χ1v) is 5.96. The van der Waals surface area contributed by atoms with Crippen LogP contribution in [-0.4, -0.2) is 9.97 Å². The van der Waals surface area contributed by atoms with Gasteiger partial charge in [0.2, 0.25) is 0 Å². The molecule has 0 N–H and O–H groups in total. The average molecular weight is 230 g/mol. The number of nitrogens with zero attached hydrogens (tertiary/aromatic N) is 2. The second-order valence-electron chi connectivity index (χ2n) is 4.35. The molecule has 2 aromatic rings. The van der Waals surface area contributed by atoms with Gasteiger partial charge in [-0.3, -0.25) is 4.98 Å². The molecule has 2 aromatic carbocycles. The quantitative estimate of drug-likeness (QED) is 0.458. The Morgan fingerprint density at radius 2 is 1.33 bits per heavy atom. The van der Waals surface area contributed by atoms with Crippen LogP contribution in [0.15, 0.2) is 60.8 Å². The van der Waals surface area contributed by atoms with Crippen molar-refractivity contribution in [2.75, 3.05) is 0 Å². The third-order valence-electron chi connectivity index (χ3n) is 3.29. The maximum atomic E-state index is 4.67. The summed E-state index contributed by atoms with van der Waals surface area (Å²) in [4.78, 5) is 9.13. The van der Waals surface area contributed by atoms with Crippen molar-refractivity contribution in [1.82, 2.24) is 9.97 Å². The molecule has 2 aliphatic heterocycles. The number of hydrogen-bond donors (Lipinski definition) is 0. The van der Waals surface area contributed by atoms with Crippen molar-refractivity contribution >= 4 is 21.8 Å². The molecule has 0 aromatic heterocycles. The van der Waals surface area contributed by atoms with E-state index >= 15 is 0 Å². The zero-order valence-electron chi connectivity index (χ0n) is 9.67. The van der Waals surface area contributed by atoms with E-state index in [0.717, 1.165) is 22.1 Å². The first-order chi connectivity index (χ1) is 8.93. The molecule has 0 unspecified atom stereocenters. The molecule has 18 heavy (non-hydrogen) atoms. The molecular formula is C16H10N2. The predicted molar refractivity (Wildman–Crippen MR) is 73.7 cm³/mol. The van der Waals surface area contributed by atoms with Gasteiger partial charge in [0.1, 0.15) is 0 Å². The summed E-state index contributed by atoms with van der Waals surface area (Å²) in [7, 11) is 0. The maximum absolute atomic E-state index is 4.67. The van der Waals surface area contributed by atoms with Crippen LogP contribution in [0.1, 0.15) is 0 Å². The van der Waals surface area contributed by atoms with E-state index in [0.29, 0.717) is 0 Å². The van der Waals surface area contributed by atoms with Gasteiger partial charge in [0.05, 0.1) is 16.7 Å². The number of benzene rings is 2. The van der Waals surface area contributed by atoms with Crippen LogP contribution in [0.5, 0.6) is 0 Å². The van der Waals surface area contributed by atoms with Gasteiger partial charge in [0, 0.05) is 22.5 Å². The van der Waals surface area contributed by atoms with E-state index in [1.165, 1.54) is 10.9 Å². The number of rotatable bonds is 0. The second kappa shape index (κ2) is 3.50. The molecule has 0 amide bonds. The largest absolute Gasteiger partial charge is 0.256 e. The lowest BCUT2D eigenvalue weighted by molar-refractivity contribution is 1.42. The highest BCUT2D eigenvalue weighted by Crippen LogP contribution is 2.34. The molecule has 0 saturated carbocycles. The summed E-state index contributed by atoms with van der Waals surface area (Å²) in [6.07, 6.45) is 1.83. The lowest BCUT2D eigenvalue weighted by Crippen LogP contribution is -1.74. The second-order valence-corrected chi connectivity index (χ2v) is 4.35. The molecule has 2 aliphatic rings. The van der Waals surface area contributed by atoms with Crippen molar-refractivity contribution in [3.8, 4) is 11.3 Å². The van der Waals surface area contributed by atoms with Crippen LogP contribution in [0.2, 0.25) is 0 Å². The summed E-state index contributed by atoms with van der Waals surface area (Å²) in [5.41, 5.74) is 4.25. The van der Waals surface area contributed by atoms with Crippen molar-refractivity contribution in [2.45, 2.75) is 0 Å². The van der Waals surface area contributed by atoms with Gasteiger partial charge in [-0.05, 0) is 18.2 Å². The molecule has 2 heteroatoms. The van der Waals surface area contributed by atoms with Gasteiger partial charge in [0.25, 0.3) is 0 Å². The van der Waals surface area contributed by atoms with Crippen LogP contribution in [0.4, 0.5) is 0 Å². The monoisotopic (exact) mass is 230 g/mol. The van der Waals surface area contributed by atoms with Gasteiger partial charge in [-0.25, -0.2) is 4.98 Å². The smallest absolute Gasteiger partial charge is 0.0738 e. The Kier molecular flexibility index (Phi) is 1.86. The standard InChI is InChI=1S/C16H10N2/c1-3-7-13-11(5-1)16-12-6-2-4-8-14(12)18-15(16)9-10-17-13/h1-10H. The molecule has 0 spiro atoms. The van der Waals surface area contributed by atoms with Crippen molar-refractivity contribution in [2.24, 2.45) is 0 Å². The number of fused-ring (bicyclic) bond motifs is 5. The summed E-state index contributed by atoms with van der Waals surface area (Å²) in [6.45, 7) is 0. The molecule has 0 aliphatic carbocycles. The zero-order chi connectivity index (χ0) is 11.9. The summed E-state index contributed by atoms with van der Waals surface area (Å²) in [6, 6.07) is 18.4. The van der Waals surface area contributed by atoms with Crippen LogP contribution < -0.4 is 0 Å². The fraction of sp³-hybridized carbons (Fsp3) is 0. The first kappa shape index (κ1) is 9.54. The van der Waals surface area contributed by atoms with E-state index in [4.69, 9.17) is 0 Å². The number of para-hydroxylation sites is 2. The highest BCUT2D eigenvalue weighted by Gasteiger charge is 2.13. The summed E-state index contributed by atoms with van der Waals surface area (Å²) in [5.74, 6) is 0. The Bertz CT molecular complexity index is 836. The van der Waals surface area contributed by atoms with E-state index in [1.54, 1.807) is 0 Å². The molecule has 0 atom stereocenters. The SMILES string of the molecule is c1ccc2c3c4ccccc4nc-3ccnc2c1. The van der Waals surface area contributed by atoms with Gasteiger partial charge >= 0.3 is 0 Å². The van der Waals surface area contributed by atoms with Crippen LogP contribution in [-0.2, 0) is 0 Å². The number of hydrogen-bond acceptors (Lipinski definition) is 2. The molecule has 4 rings (SSSR count). The van der Waals surface area contributed by atoms with Crippen molar-refractivity contribution in [3.05, 3.63) is 60.8 Å². The Morgan fingerprint density at radius 3 is 2.17 bits per heavy atom. The lowest BCUT2D eigenvalue weighted by atomic mass is 10.1. The fourth-order valence-electron chi connectivity index (χ4n) is 2.50. The maximum Gasteiger partial charge on any atom is 0.0738 e. The first-order valence-electron chi connectivity index (χ1n) is 5.96. The minimum atomic E-state index is 1.00. The molecule has 2 nitrogen and oxygen atoms in total. The Hall–Kier alpha value is -2.48. The third-order valence-corrected chi connectivity index (χ3v) is 3.29. The average Bonchev–Trinajstić information content (AvgIpc) is 2.68. The van der Waals surface area contributed by atoms with Crippen LogP contribution in [0.3, 0.4) is 0 Å². The third kappa shape index (κ3) is 1.23. The van der Waals surface area contributed by atoms with Crippen molar-refractivity contribution < 1.29 is 0 Å². The van der Waals surface area contributed by atoms with Crippen LogP contribution >= 0.6 is 0 Å². The van der Waals surface area contributed by atoms with Crippen molar-refractivity contribution in [1.29, 1.82) is 0 Å². The van der Waals surface area contributed by atoms with E-state index in [2.05, 4.69) is 34.2 Å². The molecule has 84 valence electrons. The van der Waals surface area contributed by atoms with Crippen LogP contribution in [0, 0.1) is 0 Å². The zero-order valence-corrected chi connectivity index (χ0v) is 9.67. The Morgan fingerprint density at radius 1 is 0.667 bits per heavy atom. The van der Waals surface area contributed by atoms with Gasteiger partial charge in [-0.15, -0.1) is 0 Å². The Balaban J connectivity index is 2.33. The fourth-order valence-corrected chi connectivity index (χ4v) is 2.50. The topological polar surface area (TPSA) is 25.8 Å². The predicted octanol–water partition coefficient (Wildman–Crippen LogP) is 3.89. The van der Waals surface area contributed by atoms with E-state index in [1.807, 2.05) is 36.5 Å². The molecule has 0 bridgehead atoms. The lowest BCUT2D eigenvalue weighted by Gasteiger charge is -1.97. The molecular weight excluding hydrogens is 220 g/mol. The van der Waals surface area contributed by atoms with Gasteiger partial charge in [-0.1, -0.05) is 36.4 Å². The minimum absolute atomic E-state index is 1.00. The van der Waals surface area contributed by atoms with Gasteiger partial charge in [0.15, 0.2) is 0 Å². The summed E-state index contributed by atoms with van der Waals surface area (Å²) >= 11 is 0. The molecule has 0 radical (unpaired) electrons.